The number of para-hydroxylation sites is 1. The second-order valence-electron chi connectivity index (χ2n) is 6.99. The summed E-state index contributed by atoms with van der Waals surface area (Å²) in [4.78, 5) is 27.5. The fraction of sp³-hybridized carbons (Fsp3) is 0.429. The van der Waals surface area contributed by atoms with Gasteiger partial charge in [-0.3, -0.25) is 9.69 Å². The Kier molecular flexibility index (Phi) is 5.45. The van der Waals surface area contributed by atoms with Crippen LogP contribution in [0.5, 0.6) is 0 Å². The van der Waals surface area contributed by atoms with Crippen LogP contribution in [0.15, 0.2) is 39.5 Å². The van der Waals surface area contributed by atoms with Gasteiger partial charge < -0.3 is 19.0 Å². The summed E-state index contributed by atoms with van der Waals surface area (Å²) in [5.74, 6) is -0.163. The van der Waals surface area contributed by atoms with E-state index in [2.05, 4.69) is 10.2 Å². The van der Waals surface area contributed by atoms with E-state index in [-0.39, 0.29) is 5.91 Å². The Balaban J connectivity index is 1.54. The van der Waals surface area contributed by atoms with Crippen molar-refractivity contribution < 1.29 is 13.9 Å². The predicted octanol–water partition coefficient (Wildman–Crippen LogP) is 2.22. The number of benzene rings is 1. The Bertz CT molecular complexity index is 1050. The minimum absolute atomic E-state index is 0.163. The Hall–Kier alpha value is -2.64. The molecule has 0 radical (unpaired) electrons. The summed E-state index contributed by atoms with van der Waals surface area (Å²) in [5.41, 5.74) is 1.37. The average molecular weight is 383 g/mol. The molecule has 28 heavy (non-hydrogen) atoms. The number of amides is 1. The molecule has 1 aliphatic rings. The van der Waals surface area contributed by atoms with Gasteiger partial charge in [0.15, 0.2) is 0 Å². The van der Waals surface area contributed by atoms with E-state index >= 15 is 0 Å². The molecule has 1 N–H and O–H groups in total. The first-order chi connectivity index (χ1) is 13.7. The lowest BCUT2D eigenvalue weighted by Crippen LogP contribution is -2.38. The summed E-state index contributed by atoms with van der Waals surface area (Å²) in [5, 5.41) is 4.27. The van der Waals surface area contributed by atoms with Crippen LogP contribution in [0.3, 0.4) is 0 Å². The Morgan fingerprint density at radius 1 is 1.18 bits per heavy atom. The molecule has 1 aromatic carbocycles. The number of carbonyl (C=O) groups excluding carboxylic acids is 1. The molecule has 1 amide bonds. The van der Waals surface area contributed by atoms with Gasteiger partial charge in [-0.25, -0.2) is 4.79 Å². The van der Waals surface area contributed by atoms with E-state index in [0.717, 1.165) is 50.2 Å². The molecule has 0 saturated carbocycles. The van der Waals surface area contributed by atoms with Gasteiger partial charge in [0.25, 0.3) is 5.91 Å². The van der Waals surface area contributed by atoms with Gasteiger partial charge in [0.05, 0.1) is 24.1 Å². The highest BCUT2D eigenvalue weighted by Crippen LogP contribution is 2.26. The number of nitrogens with zero attached hydrogens (tertiary/aromatic N) is 2. The van der Waals surface area contributed by atoms with Crippen molar-refractivity contribution in [2.45, 2.75) is 19.9 Å². The first kappa shape index (κ1) is 18.7. The van der Waals surface area contributed by atoms with Crippen molar-refractivity contribution in [2.75, 3.05) is 39.4 Å². The second-order valence-corrected chi connectivity index (χ2v) is 6.99. The Morgan fingerprint density at radius 2 is 1.96 bits per heavy atom. The lowest BCUT2D eigenvalue weighted by atomic mass is 10.2. The molecular formula is C21H25N3O4. The molecule has 7 heteroatoms. The summed E-state index contributed by atoms with van der Waals surface area (Å²) in [6.07, 6.45) is 0.878. The third-order valence-electron chi connectivity index (χ3n) is 5.25. The highest BCUT2D eigenvalue weighted by molar-refractivity contribution is 6.07. The fourth-order valence-corrected chi connectivity index (χ4v) is 3.84. The molecule has 3 heterocycles. The number of aromatic nitrogens is 1. The SMILES string of the molecule is CCn1c(C(=O)NCCCN2CCOCC2)cc2c(=O)oc3ccccc3c21. The van der Waals surface area contributed by atoms with Gasteiger partial charge in [-0.05, 0) is 38.1 Å². The molecule has 1 fully saturated rings. The lowest BCUT2D eigenvalue weighted by Gasteiger charge is -2.26. The largest absolute Gasteiger partial charge is 0.422 e. The maximum Gasteiger partial charge on any atom is 0.345 e. The van der Waals surface area contributed by atoms with Crippen molar-refractivity contribution >= 4 is 27.8 Å². The summed E-state index contributed by atoms with van der Waals surface area (Å²) in [6, 6.07) is 9.07. The smallest absolute Gasteiger partial charge is 0.345 e. The van der Waals surface area contributed by atoms with E-state index in [9.17, 15) is 9.59 Å². The van der Waals surface area contributed by atoms with E-state index < -0.39 is 5.63 Å². The minimum Gasteiger partial charge on any atom is -0.422 e. The van der Waals surface area contributed by atoms with Crippen LogP contribution in [0, 0.1) is 0 Å². The van der Waals surface area contributed by atoms with Gasteiger partial charge in [-0.15, -0.1) is 0 Å². The zero-order valence-corrected chi connectivity index (χ0v) is 16.1. The van der Waals surface area contributed by atoms with Crippen molar-refractivity contribution in [3.63, 3.8) is 0 Å². The second kappa shape index (κ2) is 8.16. The van der Waals surface area contributed by atoms with Crippen molar-refractivity contribution in [1.82, 2.24) is 14.8 Å². The number of hydrogen-bond donors (Lipinski definition) is 1. The number of rotatable bonds is 6. The van der Waals surface area contributed by atoms with E-state index in [1.54, 1.807) is 12.1 Å². The van der Waals surface area contributed by atoms with Gasteiger partial charge in [0.2, 0.25) is 0 Å². The van der Waals surface area contributed by atoms with Crippen molar-refractivity contribution in [3.05, 3.63) is 46.4 Å². The van der Waals surface area contributed by atoms with Gasteiger partial charge >= 0.3 is 5.63 Å². The monoisotopic (exact) mass is 383 g/mol. The number of ether oxygens (including phenoxy) is 1. The standard InChI is InChI=1S/C21H25N3O4/c1-2-24-17(20(25)22-8-5-9-23-10-12-27-13-11-23)14-16-19(24)15-6-3-4-7-18(15)28-21(16)26/h3-4,6-7,14H,2,5,8-13H2,1H3,(H,22,25). The van der Waals surface area contributed by atoms with E-state index in [4.69, 9.17) is 9.15 Å². The number of fused-ring (bicyclic) bond motifs is 3. The third kappa shape index (κ3) is 3.55. The molecular weight excluding hydrogens is 358 g/mol. The lowest BCUT2D eigenvalue weighted by molar-refractivity contribution is 0.0374. The third-order valence-corrected chi connectivity index (χ3v) is 5.25. The number of nitrogens with one attached hydrogen (secondary N) is 1. The van der Waals surface area contributed by atoms with Crippen molar-refractivity contribution in [2.24, 2.45) is 0 Å². The quantitative estimate of drug-likeness (QED) is 0.522. The zero-order valence-electron chi connectivity index (χ0n) is 16.1. The number of aryl methyl sites for hydroxylation is 1. The fourth-order valence-electron chi connectivity index (χ4n) is 3.84. The van der Waals surface area contributed by atoms with Crippen LogP contribution in [0.4, 0.5) is 0 Å². The first-order valence-corrected chi connectivity index (χ1v) is 9.82. The van der Waals surface area contributed by atoms with Crippen LogP contribution >= 0.6 is 0 Å². The molecule has 0 spiro atoms. The van der Waals surface area contributed by atoms with Crippen LogP contribution < -0.4 is 10.9 Å². The Labute approximate surface area is 162 Å². The van der Waals surface area contributed by atoms with E-state index in [1.165, 1.54) is 0 Å². The molecule has 2 aromatic heterocycles. The van der Waals surface area contributed by atoms with Crippen LogP contribution in [0.25, 0.3) is 21.9 Å². The molecule has 1 aliphatic heterocycles. The molecule has 0 bridgehead atoms. The van der Waals surface area contributed by atoms with Gasteiger partial charge in [-0.2, -0.15) is 0 Å². The van der Waals surface area contributed by atoms with Crippen molar-refractivity contribution in [1.29, 1.82) is 0 Å². The van der Waals surface area contributed by atoms with E-state index in [1.807, 2.05) is 29.7 Å². The maximum atomic E-state index is 12.8. The van der Waals surface area contributed by atoms with Crippen LogP contribution in [0.2, 0.25) is 0 Å². The van der Waals surface area contributed by atoms with E-state index in [0.29, 0.717) is 29.8 Å². The molecule has 0 unspecified atom stereocenters. The maximum absolute atomic E-state index is 12.8. The van der Waals surface area contributed by atoms with Crippen LogP contribution in [-0.2, 0) is 11.3 Å². The summed E-state index contributed by atoms with van der Waals surface area (Å²) >= 11 is 0. The molecule has 7 nitrogen and oxygen atoms in total. The number of hydrogen-bond acceptors (Lipinski definition) is 5. The molecule has 4 rings (SSSR count). The van der Waals surface area contributed by atoms with Crippen molar-refractivity contribution in [3.8, 4) is 0 Å². The highest BCUT2D eigenvalue weighted by Gasteiger charge is 2.19. The Morgan fingerprint density at radius 3 is 2.75 bits per heavy atom. The number of morpholine rings is 1. The molecule has 3 aromatic rings. The van der Waals surface area contributed by atoms with Crippen LogP contribution in [-0.4, -0.2) is 54.8 Å². The molecule has 148 valence electrons. The van der Waals surface area contributed by atoms with Gasteiger partial charge in [-0.1, -0.05) is 12.1 Å². The zero-order chi connectivity index (χ0) is 19.5. The first-order valence-electron chi connectivity index (χ1n) is 9.82. The van der Waals surface area contributed by atoms with Gasteiger partial charge in [0.1, 0.15) is 11.3 Å². The van der Waals surface area contributed by atoms with Gasteiger partial charge in [0, 0.05) is 31.6 Å². The normalized spacial score (nSPS) is 15.3. The minimum atomic E-state index is -0.415. The molecule has 1 saturated heterocycles. The summed E-state index contributed by atoms with van der Waals surface area (Å²) in [6.45, 7) is 7.54. The topological polar surface area (TPSA) is 76.7 Å². The molecule has 0 atom stereocenters. The predicted molar refractivity (Wildman–Crippen MR) is 108 cm³/mol. The number of carbonyl (C=O) groups is 1. The average Bonchev–Trinajstić information content (AvgIpc) is 3.13. The molecule has 0 aliphatic carbocycles. The van der Waals surface area contributed by atoms with Crippen LogP contribution in [0.1, 0.15) is 23.8 Å². The summed E-state index contributed by atoms with van der Waals surface area (Å²) in [7, 11) is 0. The summed E-state index contributed by atoms with van der Waals surface area (Å²) < 4.78 is 12.7. The highest BCUT2D eigenvalue weighted by atomic mass is 16.5.